The molecule has 0 bridgehead atoms. The molecule has 0 aliphatic rings. The molecule has 1 N–H and O–H groups in total. The molecular weight excluding hydrogens is 385 g/mol. The van der Waals surface area contributed by atoms with Crippen molar-refractivity contribution in [3.63, 3.8) is 0 Å². The summed E-state index contributed by atoms with van der Waals surface area (Å²) in [5, 5.41) is 3.95. The molecule has 1 heterocycles. The van der Waals surface area contributed by atoms with Crippen LogP contribution in [0.2, 0.25) is 10.0 Å². The fraction of sp³-hybridized carbons (Fsp3) is 0.190. The van der Waals surface area contributed by atoms with Crippen molar-refractivity contribution in [1.82, 2.24) is 5.32 Å². The van der Waals surface area contributed by atoms with Crippen molar-refractivity contribution < 1.29 is 13.9 Å². The molecule has 3 aromatic rings. The number of carbonyl (C=O) groups is 1. The molecule has 0 saturated heterocycles. The quantitative estimate of drug-likeness (QED) is 0.522. The summed E-state index contributed by atoms with van der Waals surface area (Å²) in [6, 6.07) is 18.1. The van der Waals surface area contributed by atoms with Gasteiger partial charge in [0.25, 0.3) is 5.91 Å². The topological polar surface area (TPSA) is 51.5 Å². The van der Waals surface area contributed by atoms with E-state index in [1.54, 1.807) is 30.3 Å². The lowest BCUT2D eigenvalue weighted by Crippen LogP contribution is -2.27. The van der Waals surface area contributed by atoms with E-state index < -0.39 is 0 Å². The van der Waals surface area contributed by atoms with Crippen LogP contribution in [0.3, 0.4) is 0 Å². The van der Waals surface area contributed by atoms with Gasteiger partial charge in [0.2, 0.25) is 0 Å². The van der Waals surface area contributed by atoms with E-state index in [9.17, 15) is 4.79 Å². The van der Waals surface area contributed by atoms with Gasteiger partial charge < -0.3 is 14.5 Å². The summed E-state index contributed by atoms with van der Waals surface area (Å²) in [5.41, 5.74) is 1.06. The van der Waals surface area contributed by atoms with Crippen molar-refractivity contribution in [3.05, 3.63) is 87.8 Å². The number of rotatable bonds is 7. The van der Waals surface area contributed by atoms with Crippen molar-refractivity contribution in [2.75, 3.05) is 0 Å². The van der Waals surface area contributed by atoms with E-state index in [4.69, 9.17) is 32.4 Å². The van der Waals surface area contributed by atoms with Gasteiger partial charge in [-0.3, -0.25) is 4.79 Å². The first-order valence-electron chi connectivity index (χ1n) is 8.59. The maximum absolute atomic E-state index is 12.5. The molecule has 140 valence electrons. The first-order valence-corrected chi connectivity index (χ1v) is 9.34. The summed E-state index contributed by atoms with van der Waals surface area (Å²) in [7, 11) is 0. The second kappa shape index (κ2) is 8.98. The van der Waals surface area contributed by atoms with Gasteiger partial charge >= 0.3 is 0 Å². The maximum Gasteiger partial charge on any atom is 0.287 e. The van der Waals surface area contributed by atoms with Crippen LogP contribution in [0.5, 0.6) is 5.75 Å². The van der Waals surface area contributed by atoms with E-state index in [1.807, 2.05) is 37.3 Å². The summed E-state index contributed by atoms with van der Waals surface area (Å²) in [6.45, 7) is 2.18. The lowest BCUT2D eigenvalue weighted by molar-refractivity contribution is 0.0903. The molecule has 1 atom stereocenters. The molecule has 6 heteroatoms. The highest BCUT2D eigenvalue weighted by atomic mass is 35.5. The minimum absolute atomic E-state index is 0.0728. The molecule has 27 heavy (non-hydrogen) atoms. The Morgan fingerprint density at radius 2 is 1.89 bits per heavy atom. The van der Waals surface area contributed by atoms with Gasteiger partial charge in [0.1, 0.15) is 18.1 Å². The zero-order valence-corrected chi connectivity index (χ0v) is 16.3. The second-order valence-electron chi connectivity index (χ2n) is 5.97. The summed E-state index contributed by atoms with van der Waals surface area (Å²) < 4.78 is 11.2. The van der Waals surface area contributed by atoms with Crippen LogP contribution in [0.25, 0.3) is 0 Å². The van der Waals surface area contributed by atoms with Crippen LogP contribution in [0, 0.1) is 0 Å². The number of hydrogen-bond donors (Lipinski definition) is 1. The van der Waals surface area contributed by atoms with Gasteiger partial charge in [-0.2, -0.15) is 0 Å². The predicted molar refractivity (Wildman–Crippen MR) is 106 cm³/mol. The smallest absolute Gasteiger partial charge is 0.287 e. The van der Waals surface area contributed by atoms with Gasteiger partial charge in [-0.1, -0.05) is 60.5 Å². The largest absolute Gasteiger partial charge is 0.484 e. The van der Waals surface area contributed by atoms with Crippen molar-refractivity contribution in [2.24, 2.45) is 0 Å². The summed E-state index contributed by atoms with van der Waals surface area (Å²) >= 11 is 11.9. The Labute approximate surface area is 168 Å². The monoisotopic (exact) mass is 403 g/mol. The van der Waals surface area contributed by atoms with Gasteiger partial charge in [0.15, 0.2) is 5.76 Å². The Morgan fingerprint density at radius 3 is 2.59 bits per heavy atom. The number of furan rings is 1. The number of nitrogens with one attached hydrogen (secondary N) is 1. The third kappa shape index (κ3) is 5.06. The summed E-state index contributed by atoms with van der Waals surface area (Å²) in [5.74, 6) is 1.00. The third-order valence-corrected chi connectivity index (χ3v) is 4.60. The molecule has 0 spiro atoms. The number of benzene rings is 2. The number of ether oxygens (including phenoxy) is 1. The highest BCUT2D eigenvalue weighted by molar-refractivity contribution is 6.35. The van der Waals surface area contributed by atoms with Crippen LogP contribution in [-0.4, -0.2) is 5.91 Å². The lowest BCUT2D eigenvalue weighted by atomic mass is 10.0. The molecule has 0 aliphatic heterocycles. The number of halogens is 2. The van der Waals surface area contributed by atoms with E-state index >= 15 is 0 Å². The van der Waals surface area contributed by atoms with Crippen LogP contribution < -0.4 is 10.1 Å². The summed E-state index contributed by atoms with van der Waals surface area (Å²) in [6.07, 6.45) is 0.779. The molecule has 0 radical (unpaired) electrons. The zero-order chi connectivity index (χ0) is 19.2. The van der Waals surface area contributed by atoms with Crippen LogP contribution in [0.15, 0.2) is 65.1 Å². The molecule has 1 amide bonds. The van der Waals surface area contributed by atoms with Crippen LogP contribution in [0.4, 0.5) is 0 Å². The van der Waals surface area contributed by atoms with Crippen molar-refractivity contribution in [1.29, 1.82) is 0 Å². The van der Waals surface area contributed by atoms with Gasteiger partial charge in [-0.05, 0) is 42.3 Å². The lowest BCUT2D eigenvalue weighted by Gasteiger charge is -2.16. The Kier molecular flexibility index (Phi) is 6.43. The summed E-state index contributed by atoms with van der Waals surface area (Å²) in [4.78, 5) is 12.5. The van der Waals surface area contributed by atoms with Crippen molar-refractivity contribution in [2.45, 2.75) is 26.0 Å². The fourth-order valence-electron chi connectivity index (χ4n) is 2.65. The molecule has 0 aliphatic carbocycles. The average Bonchev–Trinajstić information content (AvgIpc) is 3.15. The highest BCUT2D eigenvalue weighted by Crippen LogP contribution is 2.28. The Balaban J connectivity index is 1.61. The van der Waals surface area contributed by atoms with E-state index in [2.05, 4.69) is 5.32 Å². The number of amides is 1. The molecule has 0 saturated carbocycles. The molecule has 3 rings (SSSR count). The second-order valence-corrected chi connectivity index (χ2v) is 6.82. The standard InChI is InChI=1S/C21H19Cl2NO3/c1-2-18(14-6-4-3-5-7-14)24-21(25)20-11-9-16(27-20)13-26-19-10-8-15(22)12-17(19)23/h3-12,18H,2,13H2,1H3,(H,24,25). The van der Waals surface area contributed by atoms with E-state index in [1.165, 1.54) is 0 Å². The van der Waals surface area contributed by atoms with Gasteiger partial charge in [-0.25, -0.2) is 0 Å². The zero-order valence-electron chi connectivity index (χ0n) is 14.7. The molecule has 1 aromatic heterocycles. The Hall–Kier alpha value is -2.43. The number of carbonyl (C=O) groups excluding carboxylic acids is 1. The molecular formula is C21H19Cl2NO3. The van der Waals surface area contributed by atoms with E-state index in [0.717, 1.165) is 12.0 Å². The van der Waals surface area contributed by atoms with Crippen LogP contribution >= 0.6 is 23.2 Å². The number of hydrogen-bond acceptors (Lipinski definition) is 3. The van der Waals surface area contributed by atoms with Gasteiger partial charge in [-0.15, -0.1) is 0 Å². The minimum Gasteiger partial charge on any atom is -0.484 e. The molecule has 4 nitrogen and oxygen atoms in total. The van der Waals surface area contributed by atoms with Crippen molar-refractivity contribution in [3.8, 4) is 5.75 Å². The van der Waals surface area contributed by atoms with E-state index in [-0.39, 0.29) is 24.3 Å². The fourth-order valence-corrected chi connectivity index (χ4v) is 3.12. The van der Waals surface area contributed by atoms with Crippen molar-refractivity contribution >= 4 is 29.1 Å². The predicted octanol–water partition coefficient (Wildman–Crippen LogP) is 6.05. The molecule has 2 aromatic carbocycles. The van der Waals surface area contributed by atoms with Crippen LogP contribution in [0.1, 0.15) is 41.3 Å². The SMILES string of the molecule is CCC(NC(=O)c1ccc(COc2ccc(Cl)cc2Cl)o1)c1ccccc1. The maximum atomic E-state index is 12.5. The normalized spacial score (nSPS) is 11.8. The highest BCUT2D eigenvalue weighted by Gasteiger charge is 2.17. The molecule has 0 fully saturated rings. The minimum atomic E-state index is -0.263. The Bertz CT molecular complexity index is 909. The van der Waals surface area contributed by atoms with E-state index in [0.29, 0.717) is 21.6 Å². The molecule has 1 unspecified atom stereocenters. The van der Waals surface area contributed by atoms with Crippen LogP contribution in [-0.2, 0) is 6.61 Å². The first kappa shape index (κ1) is 19.3. The van der Waals surface area contributed by atoms with Gasteiger partial charge in [0.05, 0.1) is 11.1 Å². The average molecular weight is 404 g/mol. The first-order chi connectivity index (χ1) is 13.1. The van der Waals surface area contributed by atoms with Gasteiger partial charge in [0, 0.05) is 5.02 Å². The Morgan fingerprint density at radius 1 is 1.11 bits per heavy atom. The third-order valence-electron chi connectivity index (χ3n) is 4.06.